The first kappa shape index (κ1) is 56.0. The van der Waals surface area contributed by atoms with Crippen LogP contribution in [0.15, 0.2) is 42.6 Å². The molecule has 2 aliphatic rings. The van der Waals surface area contributed by atoms with Crippen molar-refractivity contribution in [2.45, 2.75) is 148 Å². The fraction of sp³-hybridized carbons (Fsp3) is 0.647. The molecule has 7 amide bonds. The number of aromatic amines is 1. The van der Waals surface area contributed by atoms with Gasteiger partial charge in [0.05, 0.1) is 43.7 Å². The number of amides is 7. The lowest BCUT2D eigenvalue weighted by Gasteiger charge is -2.41. The molecule has 1 fully saturated rings. The third kappa shape index (κ3) is 13.6. The minimum atomic E-state index is -1.33. The monoisotopic (exact) mass is 964 g/mol. The van der Waals surface area contributed by atoms with Gasteiger partial charge in [-0.15, -0.1) is 0 Å². The summed E-state index contributed by atoms with van der Waals surface area (Å²) in [6.07, 6.45) is 6.67. The number of methoxy groups -OCH3 is 3. The Morgan fingerprint density at radius 1 is 0.913 bits per heavy atom. The quantitative estimate of drug-likeness (QED) is 0.0692. The number of nitrogens with one attached hydrogen (secondary N) is 3. The number of likely N-dealkylation sites (tertiary alicyclic amines) is 1. The van der Waals surface area contributed by atoms with E-state index in [9.17, 15) is 38.4 Å². The molecule has 0 saturated carbocycles. The van der Waals surface area contributed by atoms with Crippen LogP contribution < -0.4 is 10.6 Å². The lowest BCUT2D eigenvalue weighted by atomic mass is 9.89. The first-order chi connectivity index (χ1) is 32.6. The molecule has 1 aromatic heterocycles. The summed E-state index contributed by atoms with van der Waals surface area (Å²) in [5.41, 5.74) is 0.424. The lowest BCUT2D eigenvalue weighted by molar-refractivity contribution is -0.150. The molecular formula is C51H77N7O11. The predicted octanol–water partition coefficient (Wildman–Crippen LogP) is 4.15. The van der Waals surface area contributed by atoms with Gasteiger partial charge in [0.25, 0.3) is 11.8 Å². The summed E-state index contributed by atoms with van der Waals surface area (Å²) in [6.45, 7) is 13.3. The molecular weight excluding hydrogens is 887 g/mol. The number of aromatic nitrogens is 1. The van der Waals surface area contributed by atoms with Crippen molar-refractivity contribution in [2.24, 2.45) is 17.8 Å². The lowest BCUT2D eigenvalue weighted by Crippen LogP contribution is -2.62. The average Bonchev–Trinajstić information content (AvgIpc) is 4.07. The molecule has 2 aliphatic heterocycles. The number of hydrogen-bond donors (Lipinski definition) is 3. The van der Waals surface area contributed by atoms with Crippen molar-refractivity contribution in [1.82, 2.24) is 35.2 Å². The third-order valence-electron chi connectivity index (χ3n) is 14.3. The van der Waals surface area contributed by atoms with Gasteiger partial charge in [0.15, 0.2) is 0 Å². The Kier molecular flexibility index (Phi) is 20.5. The predicted molar refractivity (Wildman–Crippen MR) is 260 cm³/mol. The number of carbonyl (C=O) groups excluding carboxylic acids is 8. The molecule has 0 radical (unpaired) electrons. The number of rotatable bonds is 26. The van der Waals surface area contributed by atoms with E-state index in [-0.39, 0.29) is 67.2 Å². The van der Waals surface area contributed by atoms with Crippen LogP contribution in [0.4, 0.5) is 0 Å². The Hall–Kier alpha value is -5.62. The Balaban J connectivity index is 1.41. The third-order valence-corrected chi connectivity index (χ3v) is 14.3. The highest BCUT2D eigenvalue weighted by Gasteiger charge is 2.44. The fourth-order valence-corrected chi connectivity index (χ4v) is 9.52. The van der Waals surface area contributed by atoms with Crippen molar-refractivity contribution >= 4 is 58.2 Å². The van der Waals surface area contributed by atoms with Crippen LogP contribution in [0.5, 0.6) is 0 Å². The number of unbranched alkanes of at least 4 members (excludes halogenated alkanes) is 2. The van der Waals surface area contributed by atoms with E-state index < -0.39 is 65.6 Å². The number of benzene rings is 1. The van der Waals surface area contributed by atoms with E-state index >= 15 is 0 Å². The van der Waals surface area contributed by atoms with E-state index in [4.69, 9.17) is 14.2 Å². The molecule has 4 rings (SSSR count). The van der Waals surface area contributed by atoms with Gasteiger partial charge in [0.1, 0.15) is 17.6 Å². The van der Waals surface area contributed by atoms with Gasteiger partial charge in [-0.05, 0) is 63.0 Å². The van der Waals surface area contributed by atoms with Gasteiger partial charge in [-0.1, -0.05) is 65.7 Å². The van der Waals surface area contributed by atoms with E-state index in [1.807, 2.05) is 58.2 Å². The van der Waals surface area contributed by atoms with Crippen LogP contribution in [-0.2, 0) is 59.0 Å². The van der Waals surface area contributed by atoms with E-state index in [1.54, 1.807) is 44.7 Å². The summed E-state index contributed by atoms with van der Waals surface area (Å²) in [5, 5.41) is 6.76. The van der Waals surface area contributed by atoms with Gasteiger partial charge in [0.2, 0.25) is 29.5 Å². The van der Waals surface area contributed by atoms with Gasteiger partial charge < -0.3 is 44.5 Å². The Morgan fingerprint density at radius 2 is 1.58 bits per heavy atom. The number of esters is 1. The van der Waals surface area contributed by atoms with Crippen LogP contribution in [0.1, 0.15) is 105 Å². The van der Waals surface area contributed by atoms with Gasteiger partial charge in [0, 0.05) is 83.5 Å². The second-order valence-electron chi connectivity index (χ2n) is 19.4. The summed E-state index contributed by atoms with van der Waals surface area (Å²) in [6, 6.07) is 4.70. The summed E-state index contributed by atoms with van der Waals surface area (Å²) in [7, 11) is 7.50. The Bertz CT molecular complexity index is 2150. The first-order valence-electron chi connectivity index (χ1n) is 24.3. The van der Waals surface area contributed by atoms with Crippen molar-refractivity contribution in [1.29, 1.82) is 0 Å². The molecule has 1 saturated heterocycles. The normalized spacial score (nSPS) is 18.1. The zero-order valence-corrected chi connectivity index (χ0v) is 42.8. The van der Waals surface area contributed by atoms with Crippen molar-refractivity contribution in [3.8, 4) is 0 Å². The topological polar surface area (TPSA) is 217 Å². The number of likely N-dealkylation sites (N-methyl/N-ethyl adjacent to an activating group) is 2. The zero-order chi connectivity index (χ0) is 51.3. The van der Waals surface area contributed by atoms with Gasteiger partial charge in [-0.2, -0.15) is 0 Å². The molecule has 0 unspecified atom stereocenters. The van der Waals surface area contributed by atoms with Crippen LogP contribution in [0.3, 0.4) is 0 Å². The number of H-pyrrole nitrogens is 1. The molecule has 8 atom stereocenters. The minimum absolute atomic E-state index is 0.0734. The molecule has 3 heterocycles. The molecule has 18 heteroatoms. The number of hydrogen-bond acceptors (Lipinski definition) is 11. The number of fused-ring (bicyclic) bond motifs is 1. The number of carbonyl (C=O) groups is 8. The molecule has 0 aliphatic carbocycles. The maximum Gasteiger partial charge on any atom is 0.328 e. The smallest absolute Gasteiger partial charge is 0.328 e. The molecule has 3 N–H and O–H groups in total. The molecule has 1 aromatic carbocycles. The first-order valence-corrected chi connectivity index (χ1v) is 24.3. The Labute approximate surface area is 407 Å². The number of imide groups is 1. The maximum atomic E-state index is 14.6. The largest absolute Gasteiger partial charge is 0.467 e. The standard InChI is InChI=1S/C51H77N7O11/c1-13-32(4)45(55(8)48(64)44(31(2)3)54-50(66)51(6,7)56(9)40(59)23-15-14-18-26-58-41(60)24-25-42(58)61)39(67-10)29-43(62)57-27-19-22-38(57)46(68-11)33(5)47(63)53-37(49(65)69-12)28-34-30-52-36-21-17-16-20-35(34)36/h16-17,20-21,24-25,30-33,37-39,44-46,52H,13-15,18-19,22-23,26-29H2,1-12H3,(H,53,63)(H,54,66)/t32-,33+,37-,38-,39+,44-,45-,46+/m0/s1. The van der Waals surface area contributed by atoms with E-state index in [2.05, 4.69) is 15.6 Å². The Morgan fingerprint density at radius 3 is 2.19 bits per heavy atom. The van der Waals surface area contributed by atoms with Gasteiger partial charge in [-0.25, -0.2) is 4.79 Å². The summed E-state index contributed by atoms with van der Waals surface area (Å²) in [5.74, 6) is -4.32. The van der Waals surface area contributed by atoms with Crippen LogP contribution in [0.2, 0.25) is 0 Å². The van der Waals surface area contributed by atoms with Crippen LogP contribution in [-0.4, -0.2) is 162 Å². The molecule has 18 nitrogen and oxygen atoms in total. The van der Waals surface area contributed by atoms with Crippen molar-refractivity contribution in [3.05, 3.63) is 48.2 Å². The van der Waals surface area contributed by atoms with Crippen LogP contribution in [0, 0.1) is 17.8 Å². The molecule has 69 heavy (non-hydrogen) atoms. The highest BCUT2D eigenvalue weighted by molar-refractivity contribution is 6.12. The van der Waals surface area contributed by atoms with Gasteiger partial charge >= 0.3 is 5.97 Å². The van der Waals surface area contributed by atoms with Crippen LogP contribution >= 0.6 is 0 Å². The van der Waals surface area contributed by atoms with Gasteiger partial charge in [-0.3, -0.25) is 38.5 Å². The molecule has 2 aromatic rings. The molecule has 0 spiro atoms. The SMILES string of the molecule is CC[C@H](C)[C@@H]([C@@H](CC(=O)N1CCC[C@H]1[C@H](OC)[C@@H](C)C(=O)N[C@@H](Cc1c[nH]c2ccccc12)C(=O)OC)OC)N(C)C(=O)[C@@H](NC(=O)C(C)(C)N(C)C(=O)CCCCCN1C(=O)C=CC1=O)C(C)C. The average molecular weight is 964 g/mol. The highest BCUT2D eigenvalue weighted by Crippen LogP contribution is 2.30. The minimum Gasteiger partial charge on any atom is -0.467 e. The number of para-hydroxylation sites is 1. The highest BCUT2D eigenvalue weighted by atomic mass is 16.5. The zero-order valence-electron chi connectivity index (χ0n) is 42.8. The summed E-state index contributed by atoms with van der Waals surface area (Å²) >= 11 is 0. The van der Waals surface area contributed by atoms with E-state index in [0.29, 0.717) is 45.1 Å². The molecule has 382 valence electrons. The summed E-state index contributed by atoms with van der Waals surface area (Å²) < 4.78 is 17.1. The van der Waals surface area contributed by atoms with Crippen molar-refractivity contribution in [3.63, 3.8) is 0 Å². The van der Waals surface area contributed by atoms with Crippen molar-refractivity contribution in [2.75, 3.05) is 48.5 Å². The second kappa shape index (κ2) is 25.3. The number of ether oxygens (including phenoxy) is 3. The van der Waals surface area contributed by atoms with E-state index in [1.165, 1.54) is 43.3 Å². The molecule has 0 bridgehead atoms. The number of nitrogens with zero attached hydrogens (tertiary/aromatic N) is 4. The van der Waals surface area contributed by atoms with Crippen LogP contribution in [0.25, 0.3) is 10.9 Å². The van der Waals surface area contributed by atoms with E-state index in [0.717, 1.165) is 16.5 Å². The summed E-state index contributed by atoms with van der Waals surface area (Å²) in [4.78, 5) is 116. The maximum absolute atomic E-state index is 14.6. The second-order valence-corrected chi connectivity index (χ2v) is 19.4. The fourth-order valence-electron chi connectivity index (χ4n) is 9.52. The van der Waals surface area contributed by atoms with Crippen molar-refractivity contribution < 1.29 is 52.6 Å².